The SMILES string of the molecule is Cc1cc(C(=O)NCC2(C)COC2)ccc1[N+](=O)[O-]. The van der Waals surface area contributed by atoms with Crippen molar-refractivity contribution in [3.63, 3.8) is 0 Å². The van der Waals surface area contributed by atoms with Crippen LogP contribution in [-0.4, -0.2) is 30.6 Å². The van der Waals surface area contributed by atoms with Crippen molar-refractivity contribution in [1.29, 1.82) is 0 Å². The number of carbonyl (C=O) groups excluding carboxylic acids is 1. The largest absolute Gasteiger partial charge is 0.380 e. The summed E-state index contributed by atoms with van der Waals surface area (Å²) in [6.45, 7) is 5.49. The van der Waals surface area contributed by atoms with Gasteiger partial charge in [0, 0.05) is 29.2 Å². The number of ether oxygens (including phenoxy) is 1. The second-order valence-electron chi connectivity index (χ2n) is 5.24. The number of nitro benzene ring substituents is 1. The van der Waals surface area contributed by atoms with Crippen molar-refractivity contribution >= 4 is 11.6 Å². The summed E-state index contributed by atoms with van der Waals surface area (Å²) in [5.41, 5.74) is 0.949. The third-order valence-corrected chi connectivity index (χ3v) is 3.23. The monoisotopic (exact) mass is 264 g/mol. The van der Waals surface area contributed by atoms with E-state index >= 15 is 0 Å². The number of rotatable bonds is 4. The second kappa shape index (κ2) is 4.97. The van der Waals surface area contributed by atoms with Crippen LogP contribution in [0.15, 0.2) is 18.2 Å². The summed E-state index contributed by atoms with van der Waals surface area (Å²) in [5.74, 6) is -0.217. The molecule has 6 nitrogen and oxygen atoms in total. The third-order valence-electron chi connectivity index (χ3n) is 3.23. The summed E-state index contributed by atoms with van der Waals surface area (Å²) in [4.78, 5) is 22.2. The molecule has 102 valence electrons. The van der Waals surface area contributed by atoms with Gasteiger partial charge in [0.1, 0.15) is 0 Å². The van der Waals surface area contributed by atoms with Gasteiger partial charge in [-0.05, 0) is 19.1 Å². The number of benzene rings is 1. The van der Waals surface area contributed by atoms with Crippen LogP contribution >= 0.6 is 0 Å². The van der Waals surface area contributed by atoms with Crippen molar-refractivity contribution in [3.8, 4) is 0 Å². The highest BCUT2D eigenvalue weighted by Gasteiger charge is 2.33. The van der Waals surface area contributed by atoms with Gasteiger partial charge in [-0.1, -0.05) is 6.92 Å². The number of amides is 1. The van der Waals surface area contributed by atoms with E-state index < -0.39 is 4.92 Å². The first-order chi connectivity index (χ1) is 8.91. The zero-order chi connectivity index (χ0) is 14.0. The average molecular weight is 264 g/mol. The van der Waals surface area contributed by atoms with Crippen LogP contribution in [0.1, 0.15) is 22.8 Å². The van der Waals surface area contributed by atoms with Crippen molar-refractivity contribution in [3.05, 3.63) is 39.4 Å². The zero-order valence-electron chi connectivity index (χ0n) is 10.9. The minimum absolute atomic E-state index is 0.00544. The summed E-state index contributed by atoms with van der Waals surface area (Å²) < 4.78 is 5.11. The molecule has 1 amide bonds. The summed E-state index contributed by atoms with van der Waals surface area (Å²) >= 11 is 0. The standard InChI is InChI=1S/C13H16N2O4/c1-9-5-10(3-4-11(9)15(17)18)12(16)14-6-13(2)7-19-8-13/h3-5H,6-8H2,1-2H3,(H,14,16). The number of hydrogen-bond acceptors (Lipinski definition) is 4. The lowest BCUT2D eigenvalue weighted by molar-refractivity contribution is -0.385. The molecule has 0 aliphatic carbocycles. The molecule has 0 radical (unpaired) electrons. The van der Waals surface area contributed by atoms with Crippen molar-refractivity contribution in [2.45, 2.75) is 13.8 Å². The van der Waals surface area contributed by atoms with Crippen LogP contribution in [0.4, 0.5) is 5.69 Å². The number of carbonyl (C=O) groups is 1. The molecular formula is C13H16N2O4. The quantitative estimate of drug-likeness (QED) is 0.662. The highest BCUT2D eigenvalue weighted by Crippen LogP contribution is 2.25. The molecular weight excluding hydrogens is 248 g/mol. The molecule has 0 aromatic heterocycles. The summed E-state index contributed by atoms with van der Waals surface area (Å²) in [6.07, 6.45) is 0. The third kappa shape index (κ3) is 2.90. The molecule has 0 spiro atoms. The molecule has 1 aliphatic heterocycles. The zero-order valence-corrected chi connectivity index (χ0v) is 10.9. The Balaban J connectivity index is 2.03. The van der Waals surface area contributed by atoms with Crippen LogP contribution in [0.3, 0.4) is 0 Å². The molecule has 2 rings (SSSR count). The normalized spacial score (nSPS) is 16.5. The fraction of sp³-hybridized carbons (Fsp3) is 0.462. The van der Waals surface area contributed by atoms with Gasteiger partial charge in [-0.3, -0.25) is 14.9 Å². The minimum atomic E-state index is -0.455. The molecule has 1 fully saturated rings. The fourth-order valence-corrected chi connectivity index (χ4v) is 1.95. The van der Waals surface area contributed by atoms with Crippen molar-refractivity contribution in [1.82, 2.24) is 5.32 Å². The fourth-order valence-electron chi connectivity index (χ4n) is 1.95. The molecule has 0 bridgehead atoms. The van der Waals surface area contributed by atoms with E-state index in [1.54, 1.807) is 6.92 Å². The molecule has 6 heteroatoms. The maximum absolute atomic E-state index is 11.9. The minimum Gasteiger partial charge on any atom is -0.380 e. The van der Waals surface area contributed by atoms with E-state index in [-0.39, 0.29) is 17.0 Å². The van der Waals surface area contributed by atoms with Gasteiger partial charge in [0.2, 0.25) is 0 Å². The van der Waals surface area contributed by atoms with Gasteiger partial charge < -0.3 is 10.1 Å². The average Bonchev–Trinajstić information content (AvgIpc) is 2.33. The van der Waals surface area contributed by atoms with Gasteiger partial charge in [-0.15, -0.1) is 0 Å². The van der Waals surface area contributed by atoms with Crippen LogP contribution < -0.4 is 5.32 Å². The molecule has 0 saturated carbocycles. The Morgan fingerprint density at radius 2 is 2.21 bits per heavy atom. The maximum Gasteiger partial charge on any atom is 0.272 e. The molecule has 0 atom stereocenters. The Bertz CT molecular complexity index is 523. The highest BCUT2D eigenvalue weighted by atomic mass is 16.6. The lowest BCUT2D eigenvalue weighted by atomic mass is 9.88. The summed E-state index contributed by atoms with van der Waals surface area (Å²) in [6, 6.07) is 4.37. The van der Waals surface area contributed by atoms with Gasteiger partial charge >= 0.3 is 0 Å². The van der Waals surface area contributed by atoms with Gasteiger partial charge in [-0.2, -0.15) is 0 Å². The van der Waals surface area contributed by atoms with Crippen molar-refractivity contribution in [2.24, 2.45) is 5.41 Å². The van der Waals surface area contributed by atoms with Crippen LogP contribution in [0, 0.1) is 22.5 Å². The van der Waals surface area contributed by atoms with E-state index in [4.69, 9.17) is 4.74 Å². The number of aryl methyl sites for hydroxylation is 1. The smallest absolute Gasteiger partial charge is 0.272 e. The molecule has 1 saturated heterocycles. The predicted molar refractivity (Wildman–Crippen MR) is 69.1 cm³/mol. The van der Waals surface area contributed by atoms with Gasteiger partial charge in [-0.25, -0.2) is 0 Å². The Morgan fingerprint density at radius 1 is 1.53 bits per heavy atom. The topological polar surface area (TPSA) is 81.5 Å². The van der Waals surface area contributed by atoms with Crippen molar-refractivity contribution in [2.75, 3.05) is 19.8 Å². The van der Waals surface area contributed by atoms with Crippen LogP contribution in [0.2, 0.25) is 0 Å². The molecule has 0 unspecified atom stereocenters. The molecule has 1 aromatic carbocycles. The van der Waals surface area contributed by atoms with Gasteiger partial charge in [0.05, 0.1) is 18.1 Å². The van der Waals surface area contributed by atoms with E-state index in [2.05, 4.69) is 5.32 Å². The Labute approximate surface area is 110 Å². The lowest BCUT2D eigenvalue weighted by Gasteiger charge is -2.38. The van der Waals surface area contributed by atoms with Crippen LogP contribution in [-0.2, 0) is 4.74 Å². The first-order valence-corrected chi connectivity index (χ1v) is 6.02. The number of hydrogen-bond donors (Lipinski definition) is 1. The first-order valence-electron chi connectivity index (χ1n) is 6.02. The van der Waals surface area contributed by atoms with E-state index in [9.17, 15) is 14.9 Å². The molecule has 1 aliphatic rings. The van der Waals surface area contributed by atoms with E-state index in [0.717, 1.165) is 0 Å². The number of nitro groups is 1. The number of nitrogens with one attached hydrogen (secondary N) is 1. The summed E-state index contributed by atoms with van der Waals surface area (Å²) in [5, 5.41) is 13.5. The molecule has 1 heterocycles. The van der Waals surface area contributed by atoms with Crippen LogP contribution in [0.5, 0.6) is 0 Å². The van der Waals surface area contributed by atoms with Crippen molar-refractivity contribution < 1.29 is 14.5 Å². The summed E-state index contributed by atoms with van der Waals surface area (Å²) in [7, 11) is 0. The van der Waals surface area contributed by atoms with Gasteiger partial charge in [0.15, 0.2) is 0 Å². The predicted octanol–water partition coefficient (Wildman–Crippen LogP) is 1.67. The lowest BCUT2D eigenvalue weighted by Crippen LogP contribution is -2.48. The Hall–Kier alpha value is -1.95. The molecule has 19 heavy (non-hydrogen) atoms. The van der Waals surface area contributed by atoms with E-state index in [0.29, 0.717) is 30.9 Å². The Morgan fingerprint density at radius 3 is 2.68 bits per heavy atom. The molecule has 1 N–H and O–H groups in total. The Kier molecular flexibility index (Phi) is 3.53. The van der Waals surface area contributed by atoms with E-state index in [1.807, 2.05) is 6.92 Å². The van der Waals surface area contributed by atoms with E-state index in [1.165, 1.54) is 18.2 Å². The van der Waals surface area contributed by atoms with Gasteiger partial charge in [0.25, 0.3) is 11.6 Å². The van der Waals surface area contributed by atoms with Crippen LogP contribution in [0.25, 0.3) is 0 Å². The maximum atomic E-state index is 11.9. The second-order valence-corrected chi connectivity index (χ2v) is 5.24. The highest BCUT2D eigenvalue weighted by molar-refractivity contribution is 5.94. The molecule has 1 aromatic rings. The first kappa shape index (κ1) is 13.5. The number of nitrogens with zero attached hydrogens (tertiary/aromatic N) is 1.